The molecule has 0 spiro atoms. The highest BCUT2D eigenvalue weighted by Gasteiger charge is 2.51. The number of aryl methyl sites for hydroxylation is 1. The Hall–Kier alpha value is -0.820. The normalized spacial score (nSPS) is 19.4. The molecule has 1 nitrogen and oxygen atoms in total. The van der Waals surface area contributed by atoms with Crippen molar-refractivity contribution in [2.75, 3.05) is 0 Å². The van der Waals surface area contributed by atoms with Crippen LogP contribution in [0.5, 0.6) is 0 Å². The van der Waals surface area contributed by atoms with Gasteiger partial charge < -0.3 is 5.73 Å². The van der Waals surface area contributed by atoms with Gasteiger partial charge in [0.1, 0.15) is 0 Å². The molecule has 2 N–H and O–H groups in total. The van der Waals surface area contributed by atoms with Crippen LogP contribution >= 0.6 is 0 Å². The highest BCUT2D eigenvalue weighted by atomic mass is 14.9. The third kappa shape index (κ3) is 1.36. The Morgan fingerprint density at radius 2 is 1.64 bits per heavy atom. The van der Waals surface area contributed by atoms with Crippen LogP contribution in [0.2, 0.25) is 0 Å². The Kier molecular flexibility index (Phi) is 1.97. The summed E-state index contributed by atoms with van der Waals surface area (Å²) in [5, 5.41) is 0. The molecule has 0 aromatic heterocycles. The van der Waals surface area contributed by atoms with E-state index in [0.717, 1.165) is 12.8 Å². The van der Waals surface area contributed by atoms with E-state index in [1.54, 1.807) is 0 Å². The van der Waals surface area contributed by atoms with Crippen molar-refractivity contribution in [1.29, 1.82) is 0 Å². The van der Waals surface area contributed by atoms with Gasteiger partial charge in [-0.15, -0.1) is 0 Å². The first-order valence-electron chi connectivity index (χ1n) is 5.32. The van der Waals surface area contributed by atoms with Crippen LogP contribution in [0.4, 0.5) is 0 Å². The summed E-state index contributed by atoms with van der Waals surface area (Å²) in [6.45, 7) is 6.63. The summed E-state index contributed by atoms with van der Waals surface area (Å²) in [6, 6.07) is 8.76. The second kappa shape index (κ2) is 2.83. The van der Waals surface area contributed by atoms with E-state index in [0.29, 0.717) is 0 Å². The van der Waals surface area contributed by atoms with Crippen molar-refractivity contribution < 1.29 is 0 Å². The lowest BCUT2D eigenvalue weighted by molar-refractivity contribution is 0.391. The largest absolute Gasteiger partial charge is 0.324 e. The van der Waals surface area contributed by atoms with Crippen molar-refractivity contribution in [2.45, 2.75) is 44.6 Å². The fourth-order valence-electron chi connectivity index (χ4n) is 2.02. The van der Waals surface area contributed by atoms with E-state index in [2.05, 4.69) is 45.0 Å². The number of hydrogen-bond acceptors (Lipinski definition) is 1. The molecule has 1 aromatic rings. The second-order valence-electron chi connectivity index (χ2n) is 5.15. The third-order valence-corrected chi connectivity index (χ3v) is 3.81. The lowest BCUT2D eigenvalue weighted by Crippen LogP contribution is -2.43. The fourth-order valence-corrected chi connectivity index (χ4v) is 2.02. The molecule has 0 bridgehead atoms. The van der Waals surface area contributed by atoms with Crippen molar-refractivity contribution >= 4 is 0 Å². The van der Waals surface area contributed by atoms with Gasteiger partial charge in [0.25, 0.3) is 0 Å². The summed E-state index contributed by atoms with van der Waals surface area (Å²) >= 11 is 0. The molecule has 0 atom stereocenters. The first kappa shape index (κ1) is 9.72. The monoisotopic (exact) mass is 189 g/mol. The molecule has 0 unspecified atom stereocenters. The van der Waals surface area contributed by atoms with Gasteiger partial charge in [0.05, 0.1) is 0 Å². The summed E-state index contributed by atoms with van der Waals surface area (Å²) in [5.41, 5.74) is 9.13. The average Bonchev–Trinajstić information content (AvgIpc) is 2.86. The number of benzene rings is 1. The molecule has 1 saturated carbocycles. The van der Waals surface area contributed by atoms with Crippen LogP contribution < -0.4 is 5.73 Å². The minimum atomic E-state index is 0.0439. The molecule has 1 heteroatoms. The summed E-state index contributed by atoms with van der Waals surface area (Å²) in [7, 11) is 0. The molecule has 2 rings (SSSR count). The van der Waals surface area contributed by atoms with Crippen LogP contribution in [0.3, 0.4) is 0 Å². The zero-order chi connectivity index (χ0) is 10.4. The van der Waals surface area contributed by atoms with E-state index >= 15 is 0 Å². The van der Waals surface area contributed by atoms with Gasteiger partial charge in [0.2, 0.25) is 0 Å². The lowest BCUT2D eigenvalue weighted by Gasteiger charge is -2.32. The Balaban J connectivity index is 2.34. The Bertz CT molecular complexity index is 331. The van der Waals surface area contributed by atoms with Crippen molar-refractivity contribution in [3.05, 3.63) is 35.4 Å². The van der Waals surface area contributed by atoms with Crippen LogP contribution in [0, 0.1) is 6.92 Å². The van der Waals surface area contributed by atoms with Crippen molar-refractivity contribution in [2.24, 2.45) is 5.73 Å². The van der Waals surface area contributed by atoms with Crippen LogP contribution in [0.25, 0.3) is 0 Å². The summed E-state index contributed by atoms with van der Waals surface area (Å²) in [5.74, 6) is 0. The van der Waals surface area contributed by atoms with Gasteiger partial charge in [-0.25, -0.2) is 0 Å². The van der Waals surface area contributed by atoms with E-state index < -0.39 is 0 Å². The Morgan fingerprint density at radius 3 is 2.07 bits per heavy atom. The minimum absolute atomic E-state index is 0.0439. The maximum atomic E-state index is 6.29. The number of nitrogens with two attached hydrogens (primary N) is 1. The third-order valence-electron chi connectivity index (χ3n) is 3.81. The van der Waals surface area contributed by atoms with Gasteiger partial charge in [-0.2, -0.15) is 0 Å². The van der Waals surface area contributed by atoms with Crippen LogP contribution in [0.15, 0.2) is 24.3 Å². The minimum Gasteiger partial charge on any atom is -0.324 e. The highest BCUT2D eigenvalue weighted by molar-refractivity contribution is 5.34. The van der Waals surface area contributed by atoms with Crippen LogP contribution in [-0.4, -0.2) is 5.54 Å². The first-order chi connectivity index (χ1) is 6.46. The van der Waals surface area contributed by atoms with E-state index in [-0.39, 0.29) is 11.0 Å². The van der Waals surface area contributed by atoms with E-state index in [1.807, 2.05) is 0 Å². The maximum absolute atomic E-state index is 6.29. The molecule has 0 amide bonds. The van der Waals surface area contributed by atoms with Crippen LogP contribution in [0.1, 0.15) is 37.8 Å². The molecule has 1 aromatic carbocycles. The molecular formula is C13H19N. The Morgan fingerprint density at radius 1 is 1.14 bits per heavy atom. The molecule has 0 radical (unpaired) electrons. The van der Waals surface area contributed by atoms with Gasteiger partial charge >= 0.3 is 0 Å². The molecule has 1 aliphatic rings. The molecule has 0 saturated heterocycles. The first-order valence-corrected chi connectivity index (χ1v) is 5.32. The molecule has 1 fully saturated rings. The molecular weight excluding hydrogens is 170 g/mol. The van der Waals surface area contributed by atoms with Crippen molar-refractivity contribution in [1.82, 2.24) is 0 Å². The van der Waals surface area contributed by atoms with Crippen molar-refractivity contribution in [3.8, 4) is 0 Å². The van der Waals surface area contributed by atoms with Crippen LogP contribution in [-0.2, 0) is 5.41 Å². The van der Waals surface area contributed by atoms with E-state index in [9.17, 15) is 0 Å². The average molecular weight is 189 g/mol. The molecule has 76 valence electrons. The molecule has 14 heavy (non-hydrogen) atoms. The van der Waals surface area contributed by atoms with E-state index in [1.165, 1.54) is 11.1 Å². The summed E-state index contributed by atoms with van der Waals surface area (Å²) in [4.78, 5) is 0. The fraction of sp³-hybridized carbons (Fsp3) is 0.538. The summed E-state index contributed by atoms with van der Waals surface area (Å²) in [6.07, 6.45) is 2.32. The molecule has 0 aliphatic heterocycles. The second-order valence-corrected chi connectivity index (χ2v) is 5.15. The van der Waals surface area contributed by atoms with Gasteiger partial charge in [0.15, 0.2) is 0 Å². The lowest BCUT2D eigenvalue weighted by atomic mass is 9.76. The standard InChI is InChI=1S/C13H19N/c1-10-4-6-11(7-5-10)12(2,3)13(14)8-9-13/h4-7H,8-9,14H2,1-3H3. The smallest absolute Gasteiger partial charge is 0.0248 e. The highest BCUT2D eigenvalue weighted by Crippen LogP contribution is 2.48. The molecule has 0 heterocycles. The van der Waals surface area contributed by atoms with Gasteiger partial charge in [-0.05, 0) is 25.3 Å². The summed E-state index contributed by atoms with van der Waals surface area (Å²) < 4.78 is 0. The quantitative estimate of drug-likeness (QED) is 0.760. The zero-order valence-corrected chi connectivity index (χ0v) is 9.30. The zero-order valence-electron chi connectivity index (χ0n) is 9.30. The predicted molar refractivity (Wildman–Crippen MR) is 60.4 cm³/mol. The number of rotatable bonds is 2. The predicted octanol–water partition coefficient (Wildman–Crippen LogP) is 2.76. The number of hydrogen-bond donors (Lipinski definition) is 1. The van der Waals surface area contributed by atoms with Gasteiger partial charge in [0, 0.05) is 11.0 Å². The van der Waals surface area contributed by atoms with E-state index in [4.69, 9.17) is 5.73 Å². The molecule has 1 aliphatic carbocycles. The van der Waals surface area contributed by atoms with Gasteiger partial charge in [-0.3, -0.25) is 0 Å². The Labute approximate surface area is 86.3 Å². The van der Waals surface area contributed by atoms with Crippen molar-refractivity contribution in [3.63, 3.8) is 0 Å². The topological polar surface area (TPSA) is 26.0 Å². The van der Waals surface area contributed by atoms with Gasteiger partial charge in [-0.1, -0.05) is 43.7 Å². The SMILES string of the molecule is Cc1ccc(C(C)(C)C2(N)CC2)cc1. The maximum Gasteiger partial charge on any atom is 0.0248 e.